The van der Waals surface area contributed by atoms with E-state index in [0.717, 1.165) is 36.9 Å². The quantitative estimate of drug-likeness (QED) is 0.447. The molecule has 31 heavy (non-hydrogen) atoms. The number of benzene rings is 1. The van der Waals surface area contributed by atoms with Gasteiger partial charge < -0.3 is 26.8 Å². The predicted octanol–water partition coefficient (Wildman–Crippen LogP) is 0.273. The Kier molecular flexibility index (Phi) is 6.91. The number of fused-ring (bicyclic) bond motifs is 1. The number of nitrogens with one attached hydrogen (secondary N) is 1. The number of rotatable bonds is 9. The second-order valence-electron chi connectivity index (χ2n) is 9.19. The number of hydrogen-bond donors (Lipinski definition) is 4. The molecule has 1 saturated carbocycles. The largest absolute Gasteiger partial charge is 0.377 e. The molecule has 2 amide bonds. The lowest BCUT2D eigenvalue weighted by molar-refractivity contribution is -0.133. The maximum absolute atomic E-state index is 12.8. The first-order valence-corrected chi connectivity index (χ1v) is 11.5. The molecule has 8 heteroatoms. The number of hydrogen-bond acceptors (Lipinski definition) is 6. The van der Waals surface area contributed by atoms with Crippen LogP contribution in [0.5, 0.6) is 0 Å². The Morgan fingerprint density at radius 3 is 2.55 bits per heavy atom. The maximum Gasteiger partial charge on any atom is 0.237 e. The smallest absolute Gasteiger partial charge is 0.237 e. The van der Waals surface area contributed by atoms with Crippen LogP contribution in [-0.4, -0.2) is 64.2 Å². The minimum atomic E-state index is -0.929. The Labute approximate surface area is 183 Å². The van der Waals surface area contributed by atoms with Crippen molar-refractivity contribution in [2.75, 3.05) is 13.1 Å². The number of nitrogens with zero attached hydrogens (tertiary/aromatic N) is 2. The molecular weight excluding hydrogens is 394 g/mol. The van der Waals surface area contributed by atoms with E-state index in [4.69, 9.17) is 11.5 Å². The van der Waals surface area contributed by atoms with Gasteiger partial charge in [0.25, 0.3) is 0 Å². The summed E-state index contributed by atoms with van der Waals surface area (Å²) in [6.07, 6.45) is 3.63. The molecule has 8 nitrogen and oxygen atoms in total. The van der Waals surface area contributed by atoms with Gasteiger partial charge in [0.05, 0.1) is 6.04 Å². The Balaban J connectivity index is 1.25. The van der Waals surface area contributed by atoms with Crippen LogP contribution in [0.3, 0.4) is 0 Å². The fourth-order valence-corrected chi connectivity index (χ4v) is 5.02. The second kappa shape index (κ2) is 9.65. The van der Waals surface area contributed by atoms with Gasteiger partial charge >= 0.3 is 0 Å². The van der Waals surface area contributed by atoms with E-state index in [1.807, 2.05) is 29.2 Å². The summed E-state index contributed by atoms with van der Waals surface area (Å²) in [6, 6.07) is 7.33. The molecule has 0 spiro atoms. The van der Waals surface area contributed by atoms with Gasteiger partial charge in [0, 0.05) is 44.7 Å². The van der Waals surface area contributed by atoms with Gasteiger partial charge in [-0.1, -0.05) is 24.3 Å². The average molecular weight is 430 g/mol. The first-order chi connectivity index (χ1) is 15.0. The standard InChI is InChI=1S/C23H35N5O3/c24-13-15-3-5-16(6-4-15)14-26-22(30)19-2-1-10-28(19)23(31)18(25)7-8-21(29)27-11-9-17-12-20(17)27/h3-6,17-20,23,31H,1-2,7-14,24-25H2,(H,26,30). The third-order valence-electron chi connectivity index (χ3n) is 7.08. The lowest BCUT2D eigenvalue weighted by atomic mass is 10.1. The Bertz CT molecular complexity index is 786. The molecule has 1 aliphatic carbocycles. The van der Waals surface area contributed by atoms with Gasteiger partial charge in [-0.25, -0.2) is 0 Å². The number of piperidine rings is 1. The highest BCUT2D eigenvalue weighted by atomic mass is 16.3. The fraction of sp³-hybridized carbons (Fsp3) is 0.652. The summed E-state index contributed by atoms with van der Waals surface area (Å²) in [5.41, 5.74) is 13.9. The molecule has 2 heterocycles. The molecule has 0 aromatic heterocycles. The molecule has 3 aliphatic rings. The molecular formula is C23H35N5O3. The lowest BCUT2D eigenvalue weighted by Gasteiger charge is -2.32. The molecule has 2 saturated heterocycles. The zero-order chi connectivity index (χ0) is 22.0. The molecule has 3 fully saturated rings. The van der Waals surface area contributed by atoms with Crippen molar-refractivity contribution in [3.05, 3.63) is 35.4 Å². The molecule has 1 aromatic rings. The highest BCUT2D eigenvalue weighted by Gasteiger charge is 2.48. The van der Waals surface area contributed by atoms with Crippen LogP contribution in [0.15, 0.2) is 24.3 Å². The Morgan fingerprint density at radius 2 is 1.90 bits per heavy atom. The number of aliphatic hydroxyl groups excluding tert-OH is 1. The third-order valence-corrected chi connectivity index (χ3v) is 7.08. The number of amides is 2. The molecule has 5 atom stereocenters. The minimum Gasteiger partial charge on any atom is -0.377 e. The van der Waals surface area contributed by atoms with E-state index in [1.165, 1.54) is 0 Å². The van der Waals surface area contributed by atoms with Crippen molar-refractivity contribution in [1.29, 1.82) is 0 Å². The van der Waals surface area contributed by atoms with Gasteiger partial charge in [0.2, 0.25) is 11.8 Å². The minimum absolute atomic E-state index is 0.0976. The Hall–Kier alpha value is -2.00. The van der Waals surface area contributed by atoms with Crippen molar-refractivity contribution in [2.24, 2.45) is 17.4 Å². The van der Waals surface area contributed by atoms with Gasteiger partial charge in [-0.2, -0.15) is 0 Å². The van der Waals surface area contributed by atoms with E-state index >= 15 is 0 Å². The highest BCUT2D eigenvalue weighted by Crippen LogP contribution is 2.44. The monoisotopic (exact) mass is 429 g/mol. The molecule has 2 aliphatic heterocycles. The number of carbonyl (C=O) groups excluding carboxylic acids is 2. The molecule has 170 valence electrons. The van der Waals surface area contributed by atoms with Gasteiger partial charge in [0.1, 0.15) is 6.23 Å². The summed E-state index contributed by atoms with van der Waals surface area (Å²) in [5.74, 6) is 0.759. The van der Waals surface area contributed by atoms with E-state index < -0.39 is 18.3 Å². The molecule has 6 N–H and O–H groups in total. The van der Waals surface area contributed by atoms with Crippen molar-refractivity contribution in [3.63, 3.8) is 0 Å². The van der Waals surface area contributed by atoms with Crippen molar-refractivity contribution < 1.29 is 14.7 Å². The van der Waals surface area contributed by atoms with E-state index in [0.29, 0.717) is 50.9 Å². The van der Waals surface area contributed by atoms with Crippen molar-refractivity contribution >= 4 is 11.8 Å². The van der Waals surface area contributed by atoms with Gasteiger partial charge in [-0.3, -0.25) is 14.5 Å². The van der Waals surface area contributed by atoms with Crippen molar-refractivity contribution in [2.45, 2.75) is 76.0 Å². The first-order valence-electron chi connectivity index (χ1n) is 11.5. The zero-order valence-electron chi connectivity index (χ0n) is 18.1. The summed E-state index contributed by atoms with van der Waals surface area (Å²) >= 11 is 0. The Morgan fingerprint density at radius 1 is 1.16 bits per heavy atom. The van der Waals surface area contributed by atoms with Crippen molar-refractivity contribution in [1.82, 2.24) is 15.1 Å². The van der Waals surface area contributed by atoms with Crippen LogP contribution in [-0.2, 0) is 22.7 Å². The van der Waals surface area contributed by atoms with Gasteiger partial charge in [0.15, 0.2) is 0 Å². The molecule has 4 rings (SSSR count). The maximum atomic E-state index is 12.8. The first kappa shape index (κ1) is 22.2. The lowest BCUT2D eigenvalue weighted by Crippen LogP contribution is -2.54. The molecule has 0 bridgehead atoms. The van der Waals surface area contributed by atoms with Crippen LogP contribution in [0, 0.1) is 5.92 Å². The number of likely N-dealkylation sites (tertiary alicyclic amines) is 2. The normalized spacial score (nSPS) is 27.1. The van der Waals surface area contributed by atoms with E-state index in [2.05, 4.69) is 5.32 Å². The molecule has 0 radical (unpaired) electrons. The van der Waals surface area contributed by atoms with E-state index in [-0.39, 0.29) is 11.8 Å². The number of nitrogens with two attached hydrogens (primary N) is 2. The zero-order valence-corrected chi connectivity index (χ0v) is 18.1. The second-order valence-corrected chi connectivity index (χ2v) is 9.19. The number of carbonyl (C=O) groups is 2. The van der Waals surface area contributed by atoms with E-state index in [9.17, 15) is 14.7 Å². The van der Waals surface area contributed by atoms with Crippen LogP contribution in [0.2, 0.25) is 0 Å². The average Bonchev–Trinajstić information content (AvgIpc) is 3.20. The highest BCUT2D eigenvalue weighted by molar-refractivity contribution is 5.82. The fourth-order valence-electron chi connectivity index (χ4n) is 5.02. The molecule has 1 aromatic carbocycles. The topological polar surface area (TPSA) is 125 Å². The van der Waals surface area contributed by atoms with Crippen LogP contribution < -0.4 is 16.8 Å². The SMILES string of the molecule is NCc1ccc(CNC(=O)C2CCCN2C(O)C(N)CCC(=O)N2CCC3CC32)cc1. The summed E-state index contributed by atoms with van der Waals surface area (Å²) < 4.78 is 0. The summed E-state index contributed by atoms with van der Waals surface area (Å²) in [4.78, 5) is 29.0. The van der Waals surface area contributed by atoms with Crippen molar-refractivity contribution in [3.8, 4) is 0 Å². The number of aliphatic hydroxyl groups is 1. The molecule has 5 unspecified atom stereocenters. The van der Waals surface area contributed by atoms with Gasteiger partial charge in [-0.15, -0.1) is 0 Å². The predicted molar refractivity (Wildman–Crippen MR) is 117 cm³/mol. The van der Waals surface area contributed by atoms with Crippen LogP contribution in [0.4, 0.5) is 0 Å². The van der Waals surface area contributed by atoms with Gasteiger partial charge in [-0.05, 0) is 49.1 Å². The van der Waals surface area contributed by atoms with E-state index in [1.54, 1.807) is 4.90 Å². The van der Waals surface area contributed by atoms with Crippen LogP contribution in [0.25, 0.3) is 0 Å². The third kappa shape index (κ3) is 5.09. The summed E-state index contributed by atoms with van der Waals surface area (Å²) in [6.45, 7) is 2.41. The van der Waals surface area contributed by atoms with Crippen LogP contribution in [0.1, 0.15) is 49.7 Å². The van der Waals surface area contributed by atoms with Crippen LogP contribution >= 0.6 is 0 Å². The summed E-state index contributed by atoms with van der Waals surface area (Å²) in [7, 11) is 0. The summed E-state index contributed by atoms with van der Waals surface area (Å²) in [5, 5.41) is 13.8.